The number of nitrogens with one attached hydrogen (secondary N) is 2. The van der Waals surface area contributed by atoms with Crippen LogP contribution in [0.25, 0.3) is 0 Å². The number of hydrogen-bond acceptors (Lipinski definition) is 5. The zero-order valence-electron chi connectivity index (χ0n) is 12.8. The summed E-state index contributed by atoms with van der Waals surface area (Å²) in [4.78, 5) is 12.1. The van der Waals surface area contributed by atoms with Crippen molar-refractivity contribution in [2.24, 2.45) is 0 Å². The number of nitriles is 1. The van der Waals surface area contributed by atoms with Crippen LogP contribution in [0.2, 0.25) is 0 Å². The fourth-order valence-electron chi connectivity index (χ4n) is 2.38. The second kappa shape index (κ2) is 7.29. The topological polar surface area (TPSA) is 99.1 Å². The van der Waals surface area contributed by atoms with E-state index in [4.69, 9.17) is 5.26 Å². The van der Waals surface area contributed by atoms with Crippen molar-refractivity contribution in [3.8, 4) is 6.07 Å². The minimum atomic E-state index is -3.00. The summed E-state index contributed by atoms with van der Waals surface area (Å²) in [5.74, 6) is -0.320. The Hall–Kier alpha value is -2.33. The summed E-state index contributed by atoms with van der Waals surface area (Å²) in [6.45, 7) is 1.83. The molecule has 0 aliphatic carbocycles. The summed E-state index contributed by atoms with van der Waals surface area (Å²) >= 11 is 0. The Morgan fingerprint density at radius 3 is 2.65 bits per heavy atom. The van der Waals surface area contributed by atoms with Gasteiger partial charge in [0, 0.05) is 12.2 Å². The van der Waals surface area contributed by atoms with Gasteiger partial charge in [0.05, 0.1) is 17.5 Å². The lowest BCUT2D eigenvalue weighted by Gasteiger charge is -2.14. The number of sulfone groups is 1. The largest absolute Gasteiger partial charge is 0.386 e. The molecular formula is C16H19N3O3S. The molecule has 1 saturated heterocycles. The summed E-state index contributed by atoms with van der Waals surface area (Å²) in [7, 11) is -3.00. The van der Waals surface area contributed by atoms with Crippen molar-refractivity contribution in [2.45, 2.75) is 25.4 Å². The van der Waals surface area contributed by atoms with Crippen LogP contribution in [0.5, 0.6) is 0 Å². The molecule has 1 aromatic carbocycles. The second-order valence-electron chi connectivity index (χ2n) is 5.54. The van der Waals surface area contributed by atoms with E-state index in [2.05, 4.69) is 10.6 Å². The van der Waals surface area contributed by atoms with E-state index in [1.807, 2.05) is 43.3 Å². The molecule has 0 radical (unpaired) electrons. The molecule has 23 heavy (non-hydrogen) atoms. The molecule has 7 heteroatoms. The van der Waals surface area contributed by atoms with Gasteiger partial charge >= 0.3 is 0 Å². The van der Waals surface area contributed by atoms with Gasteiger partial charge in [-0.1, -0.05) is 30.3 Å². The average molecular weight is 333 g/mol. The number of rotatable bonds is 5. The first-order valence-electron chi connectivity index (χ1n) is 7.34. The van der Waals surface area contributed by atoms with Crippen molar-refractivity contribution in [1.82, 2.24) is 10.6 Å². The van der Waals surface area contributed by atoms with Gasteiger partial charge in [-0.2, -0.15) is 5.26 Å². The standard InChI is InChI=1S/C16H19N3O3S/c1-12(13-5-3-2-4-6-13)19-16(20)14(9-17)10-18-15-7-8-23(21,22)11-15/h2-6,10,12,15,18H,7-8,11H2,1H3,(H,19,20)/b14-10-. The summed E-state index contributed by atoms with van der Waals surface area (Å²) in [6.07, 6.45) is 1.79. The zero-order chi connectivity index (χ0) is 16.9. The first-order valence-corrected chi connectivity index (χ1v) is 9.16. The third kappa shape index (κ3) is 4.83. The minimum Gasteiger partial charge on any atom is -0.386 e. The summed E-state index contributed by atoms with van der Waals surface area (Å²) < 4.78 is 22.8. The smallest absolute Gasteiger partial charge is 0.263 e. The van der Waals surface area contributed by atoms with Crippen LogP contribution in [0.3, 0.4) is 0 Å². The van der Waals surface area contributed by atoms with Gasteiger partial charge in [0.15, 0.2) is 9.84 Å². The van der Waals surface area contributed by atoms with Crippen LogP contribution in [0.4, 0.5) is 0 Å². The number of benzene rings is 1. The molecule has 1 amide bonds. The number of hydrogen-bond donors (Lipinski definition) is 2. The Kier molecular flexibility index (Phi) is 5.40. The molecule has 2 unspecified atom stereocenters. The lowest BCUT2D eigenvalue weighted by Crippen LogP contribution is -2.30. The number of nitrogens with zero attached hydrogens (tertiary/aromatic N) is 1. The molecule has 1 aliphatic heterocycles. The third-order valence-corrected chi connectivity index (χ3v) is 5.48. The van der Waals surface area contributed by atoms with Crippen LogP contribution in [0.15, 0.2) is 42.1 Å². The predicted octanol–water partition coefficient (Wildman–Crippen LogP) is 1.05. The maximum absolute atomic E-state index is 12.1. The van der Waals surface area contributed by atoms with E-state index < -0.39 is 15.7 Å². The molecule has 2 N–H and O–H groups in total. The highest BCUT2D eigenvalue weighted by Gasteiger charge is 2.27. The number of amides is 1. The SMILES string of the molecule is CC(NC(=O)/C(C#N)=C\NC1CCS(=O)(=O)C1)c1ccccc1. The van der Waals surface area contributed by atoms with E-state index in [0.29, 0.717) is 6.42 Å². The molecule has 0 aromatic heterocycles. The van der Waals surface area contributed by atoms with Crippen molar-refractivity contribution in [1.29, 1.82) is 5.26 Å². The van der Waals surface area contributed by atoms with Crippen molar-refractivity contribution in [2.75, 3.05) is 11.5 Å². The summed E-state index contributed by atoms with van der Waals surface area (Å²) in [6, 6.07) is 10.8. The summed E-state index contributed by atoms with van der Waals surface area (Å²) in [5, 5.41) is 14.7. The lowest BCUT2D eigenvalue weighted by atomic mass is 10.1. The van der Waals surface area contributed by atoms with Gasteiger partial charge in [-0.3, -0.25) is 4.79 Å². The molecule has 1 aromatic rings. The zero-order valence-corrected chi connectivity index (χ0v) is 13.6. The highest BCUT2D eigenvalue weighted by Crippen LogP contribution is 2.13. The van der Waals surface area contributed by atoms with Crippen LogP contribution in [-0.2, 0) is 14.6 Å². The van der Waals surface area contributed by atoms with Gasteiger partial charge in [-0.15, -0.1) is 0 Å². The van der Waals surface area contributed by atoms with Crippen LogP contribution >= 0.6 is 0 Å². The molecule has 0 spiro atoms. The molecule has 6 nitrogen and oxygen atoms in total. The van der Waals surface area contributed by atoms with Gasteiger partial charge in [-0.05, 0) is 18.9 Å². The summed E-state index contributed by atoms with van der Waals surface area (Å²) in [5.41, 5.74) is 0.866. The van der Waals surface area contributed by atoms with Gasteiger partial charge < -0.3 is 10.6 Å². The predicted molar refractivity (Wildman–Crippen MR) is 86.9 cm³/mol. The molecule has 2 rings (SSSR count). The van der Waals surface area contributed by atoms with E-state index >= 15 is 0 Å². The van der Waals surface area contributed by atoms with Gasteiger partial charge in [0.2, 0.25) is 0 Å². The third-order valence-electron chi connectivity index (χ3n) is 3.71. The molecule has 1 aliphatic rings. The number of carbonyl (C=O) groups excluding carboxylic acids is 1. The maximum atomic E-state index is 12.1. The molecule has 0 saturated carbocycles. The van der Waals surface area contributed by atoms with Crippen LogP contribution in [0.1, 0.15) is 24.9 Å². The average Bonchev–Trinajstić information content (AvgIpc) is 2.88. The highest BCUT2D eigenvalue weighted by atomic mass is 32.2. The quantitative estimate of drug-likeness (QED) is 0.620. The van der Waals surface area contributed by atoms with E-state index in [9.17, 15) is 13.2 Å². The van der Waals surface area contributed by atoms with Crippen LogP contribution < -0.4 is 10.6 Å². The minimum absolute atomic E-state index is 0.0320. The van der Waals surface area contributed by atoms with Crippen LogP contribution in [-0.4, -0.2) is 31.9 Å². The monoisotopic (exact) mass is 333 g/mol. The van der Waals surface area contributed by atoms with Crippen molar-refractivity contribution >= 4 is 15.7 Å². The Balaban J connectivity index is 1.96. The Labute approximate surface area is 136 Å². The van der Waals surface area contributed by atoms with Crippen LogP contribution in [0, 0.1) is 11.3 Å². The molecule has 1 heterocycles. The Bertz CT molecular complexity index is 736. The molecular weight excluding hydrogens is 314 g/mol. The fourth-order valence-corrected chi connectivity index (χ4v) is 4.06. The number of carbonyl (C=O) groups is 1. The molecule has 122 valence electrons. The molecule has 1 fully saturated rings. The van der Waals surface area contributed by atoms with Gasteiger partial charge in [0.1, 0.15) is 11.6 Å². The first-order chi connectivity index (χ1) is 10.9. The highest BCUT2D eigenvalue weighted by molar-refractivity contribution is 7.91. The van der Waals surface area contributed by atoms with Gasteiger partial charge in [-0.25, -0.2) is 8.42 Å². The lowest BCUT2D eigenvalue weighted by molar-refractivity contribution is -0.117. The van der Waals surface area contributed by atoms with E-state index in [1.54, 1.807) is 0 Å². The van der Waals surface area contributed by atoms with Gasteiger partial charge in [0.25, 0.3) is 5.91 Å². The van der Waals surface area contributed by atoms with Crippen molar-refractivity contribution in [3.05, 3.63) is 47.7 Å². The maximum Gasteiger partial charge on any atom is 0.263 e. The normalized spacial score (nSPS) is 21.2. The fraction of sp³-hybridized carbons (Fsp3) is 0.375. The molecule has 0 bridgehead atoms. The Morgan fingerprint density at radius 1 is 1.39 bits per heavy atom. The van der Waals surface area contributed by atoms with Crippen molar-refractivity contribution < 1.29 is 13.2 Å². The second-order valence-corrected chi connectivity index (χ2v) is 7.77. The Morgan fingerprint density at radius 2 is 2.09 bits per heavy atom. The van der Waals surface area contributed by atoms with Crippen molar-refractivity contribution in [3.63, 3.8) is 0 Å². The molecule has 2 atom stereocenters. The van der Waals surface area contributed by atoms with E-state index in [-0.39, 0.29) is 29.2 Å². The van der Waals surface area contributed by atoms with E-state index in [0.717, 1.165) is 5.56 Å². The van der Waals surface area contributed by atoms with E-state index in [1.165, 1.54) is 6.20 Å². The first kappa shape index (κ1) is 17.0.